The summed E-state index contributed by atoms with van der Waals surface area (Å²) in [5.74, 6) is 0.00714. The molecule has 172 valence electrons. The van der Waals surface area contributed by atoms with Crippen molar-refractivity contribution >= 4 is 16.9 Å². The van der Waals surface area contributed by atoms with Gasteiger partial charge in [0.1, 0.15) is 17.1 Å². The Morgan fingerprint density at radius 3 is 2.59 bits per heavy atom. The monoisotopic (exact) mass is 457 g/mol. The van der Waals surface area contributed by atoms with Gasteiger partial charge in [-0.1, -0.05) is 49.7 Å². The van der Waals surface area contributed by atoms with Crippen molar-refractivity contribution in [3.8, 4) is 5.75 Å². The van der Waals surface area contributed by atoms with E-state index in [4.69, 9.17) is 9.15 Å². The van der Waals surface area contributed by atoms with Crippen molar-refractivity contribution in [1.82, 2.24) is 4.90 Å². The molecule has 5 rings (SSSR count). The number of carbonyl (C=O) groups is 1. The van der Waals surface area contributed by atoms with Crippen LogP contribution in [0.5, 0.6) is 5.75 Å². The Labute approximate surface area is 196 Å². The van der Waals surface area contributed by atoms with Gasteiger partial charge in [0.25, 0.3) is 5.91 Å². The second-order valence-corrected chi connectivity index (χ2v) is 8.41. The molecule has 0 saturated heterocycles. The summed E-state index contributed by atoms with van der Waals surface area (Å²) in [5, 5.41) is 0.429. The lowest BCUT2D eigenvalue weighted by molar-refractivity contribution is 0.0714. The molecule has 0 bridgehead atoms. The standard InChI is InChI=1S/C28H24FNO4/c1-2-3-15-33-21-8-6-7-19(16-21)25-24-26(31)22-9-4-5-10-23(22)34-27(24)28(32)30(25)17-18-11-13-20(29)14-12-18/h4-14,16,25H,2-3,15,17H2,1H3. The normalized spacial score (nSPS) is 15.1. The summed E-state index contributed by atoms with van der Waals surface area (Å²) in [4.78, 5) is 28.7. The number of hydrogen-bond donors (Lipinski definition) is 0. The van der Waals surface area contributed by atoms with Gasteiger partial charge in [-0.2, -0.15) is 0 Å². The number of amides is 1. The van der Waals surface area contributed by atoms with Gasteiger partial charge in [0, 0.05) is 6.54 Å². The van der Waals surface area contributed by atoms with E-state index in [1.165, 1.54) is 12.1 Å². The van der Waals surface area contributed by atoms with E-state index < -0.39 is 6.04 Å². The van der Waals surface area contributed by atoms with Gasteiger partial charge in [-0.05, 0) is 53.9 Å². The molecule has 0 radical (unpaired) electrons. The Hall–Kier alpha value is -3.93. The second kappa shape index (κ2) is 9.14. The summed E-state index contributed by atoms with van der Waals surface area (Å²) in [6.45, 7) is 2.88. The molecule has 1 aliphatic rings. The largest absolute Gasteiger partial charge is 0.494 e. The molecule has 0 fully saturated rings. The molecule has 3 aromatic carbocycles. The Morgan fingerprint density at radius 2 is 1.79 bits per heavy atom. The summed E-state index contributed by atoms with van der Waals surface area (Å²) in [6, 6.07) is 19.7. The van der Waals surface area contributed by atoms with Crippen molar-refractivity contribution in [2.24, 2.45) is 0 Å². The highest BCUT2D eigenvalue weighted by molar-refractivity contribution is 5.99. The zero-order valence-electron chi connectivity index (χ0n) is 18.8. The third-order valence-electron chi connectivity index (χ3n) is 6.08. The maximum atomic E-state index is 13.6. The molecule has 34 heavy (non-hydrogen) atoms. The van der Waals surface area contributed by atoms with Crippen LogP contribution in [0, 0.1) is 5.82 Å². The van der Waals surface area contributed by atoms with Crippen molar-refractivity contribution in [1.29, 1.82) is 0 Å². The smallest absolute Gasteiger partial charge is 0.291 e. The van der Waals surface area contributed by atoms with E-state index in [1.54, 1.807) is 41.3 Å². The number of halogens is 1. The van der Waals surface area contributed by atoms with Crippen LogP contribution in [0.25, 0.3) is 11.0 Å². The highest BCUT2D eigenvalue weighted by Crippen LogP contribution is 2.40. The minimum Gasteiger partial charge on any atom is -0.494 e. The molecule has 0 aliphatic carbocycles. The third-order valence-corrected chi connectivity index (χ3v) is 6.08. The average molecular weight is 458 g/mol. The van der Waals surface area contributed by atoms with E-state index in [9.17, 15) is 14.0 Å². The van der Waals surface area contributed by atoms with Gasteiger partial charge in [0.2, 0.25) is 5.76 Å². The predicted octanol–water partition coefficient (Wildman–Crippen LogP) is 5.86. The molecule has 2 heterocycles. The topological polar surface area (TPSA) is 59.8 Å². The lowest BCUT2D eigenvalue weighted by Crippen LogP contribution is -2.29. The number of ether oxygens (including phenoxy) is 1. The first-order valence-electron chi connectivity index (χ1n) is 11.4. The van der Waals surface area contributed by atoms with Crippen LogP contribution < -0.4 is 10.2 Å². The fourth-order valence-electron chi connectivity index (χ4n) is 4.37. The zero-order chi connectivity index (χ0) is 23.7. The second-order valence-electron chi connectivity index (χ2n) is 8.41. The highest BCUT2D eigenvalue weighted by atomic mass is 19.1. The lowest BCUT2D eigenvalue weighted by atomic mass is 9.98. The Kier molecular flexibility index (Phi) is 5.88. The van der Waals surface area contributed by atoms with Gasteiger partial charge in [-0.3, -0.25) is 9.59 Å². The first-order chi connectivity index (χ1) is 16.6. The van der Waals surface area contributed by atoms with E-state index in [0.29, 0.717) is 28.9 Å². The van der Waals surface area contributed by atoms with Crippen molar-refractivity contribution in [3.05, 3.63) is 111 Å². The summed E-state index contributed by atoms with van der Waals surface area (Å²) < 4.78 is 25.3. The highest BCUT2D eigenvalue weighted by Gasteiger charge is 2.42. The number of para-hydroxylation sites is 1. The van der Waals surface area contributed by atoms with Crippen molar-refractivity contribution in [2.75, 3.05) is 6.61 Å². The molecule has 1 aromatic heterocycles. The van der Waals surface area contributed by atoms with Crippen molar-refractivity contribution in [3.63, 3.8) is 0 Å². The number of fused-ring (bicyclic) bond motifs is 2. The summed E-state index contributed by atoms with van der Waals surface area (Å²) >= 11 is 0. The Morgan fingerprint density at radius 1 is 1.00 bits per heavy atom. The van der Waals surface area contributed by atoms with Crippen LogP contribution in [0.1, 0.15) is 53.1 Å². The first kappa shape index (κ1) is 21.9. The van der Waals surface area contributed by atoms with Crippen LogP contribution in [0.15, 0.2) is 82.0 Å². The number of rotatable bonds is 7. The fraction of sp³-hybridized carbons (Fsp3) is 0.214. The van der Waals surface area contributed by atoms with Crippen LogP contribution in [0.2, 0.25) is 0 Å². The lowest BCUT2D eigenvalue weighted by Gasteiger charge is -2.25. The zero-order valence-corrected chi connectivity index (χ0v) is 18.8. The molecule has 0 saturated carbocycles. The van der Waals surface area contributed by atoms with Gasteiger partial charge in [0.05, 0.1) is 23.6 Å². The summed E-state index contributed by atoms with van der Waals surface area (Å²) in [6.07, 6.45) is 1.95. The van der Waals surface area contributed by atoms with E-state index in [2.05, 4.69) is 6.92 Å². The van der Waals surface area contributed by atoms with E-state index in [0.717, 1.165) is 24.0 Å². The van der Waals surface area contributed by atoms with Gasteiger partial charge < -0.3 is 14.1 Å². The number of carbonyl (C=O) groups excluding carboxylic acids is 1. The number of unbranched alkanes of at least 4 members (excludes halogenated alkanes) is 1. The predicted molar refractivity (Wildman–Crippen MR) is 127 cm³/mol. The Balaban J connectivity index is 1.63. The maximum absolute atomic E-state index is 13.6. The van der Waals surface area contributed by atoms with Gasteiger partial charge in [-0.15, -0.1) is 0 Å². The molecule has 6 heteroatoms. The van der Waals surface area contributed by atoms with Crippen molar-refractivity contribution < 1.29 is 18.3 Å². The van der Waals surface area contributed by atoms with Gasteiger partial charge in [-0.25, -0.2) is 4.39 Å². The number of nitrogens with zero attached hydrogens (tertiary/aromatic N) is 1. The van der Waals surface area contributed by atoms with Crippen LogP contribution in [0.3, 0.4) is 0 Å². The van der Waals surface area contributed by atoms with Gasteiger partial charge >= 0.3 is 0 Å². The molecule has 4 aromatic rings. The Bertz CT molecular complexity index is 1410. The first-order valence-corrected chi connectivity index (χ1v) is 11.4. The summed E-state index contributed by atoms with van der Waals surface area (Å²) in [5.41, 5.74) is 1.97. The van der Waals surface area contributed by atoms with E-state index >= 15 is 0 Å². The molecule has 0 N–H and O–H groups in total. The van der Waals surface area contributed by atoms with E-state index in [-0.39, 0.29) is 29.5 Å². The van der Waals surface area contributed by atoms with Crippen LogP contribution in [-0.2, 0) is 6.54 Å². The summed E-state index contributed by atoms with van der Waals surface area (Å²) in [7, 11) is 0. The molecule has 5 nitrogen and oxygen atoms in total. The third kappa shape index (κ3) is 3.96. The molecular formula is C28H24FNO4. The SMILES string of the molecule is CCCCOc1cccc(C2c3c(oc4ccccc4c3=O)C(=O)N2Cc2ccc(F)cc2)c1. The molecule has 1 unspecified atom stereocenters. The van der Waals surface area contributed by atoms with Crippen LogP contribution in [-0.4, -0.2) is 17.4 Å². The minimum absolute atomic E-state index is 0.0492. The molecule has 1 atom stereocenters. The van der Waals surface area contributed by atoms with Crippen LogP contribution in [0.4, 0.5) is 4.39 Å². The molecule has 1 amide bonds. The quantitative estimate of drug-likeness (QED) is 0.326. The fourth-order valence-corrected chi connectivity index (χ4v) is 4.37. The molecular weight excluding hydrogens is 433 g/mol. The number of benzene rings is 3. The van der Waals surface area contributed by atoms with Gasteiger partial charge in [0.15, 0.2) is 5.43 Å². The average Bonchev–Trinajstić information content (AvgIpc) is 3.13. The minimum atomic E-state index is -0.650. The van der Waals surface area contributed by atoms with Crippen molar-refractivity contribution in [2.45, 2.75) is 32.4 Å². The van der Waals surface area contributed by atoms with E-state index in [1.807, 2.05) is 24.3 Å². The molecule has 0 spiro atoms. The number of hydrogen-bond acceptors (Lipinski definition) is 4. The molecule has 1 aliphatic heterocycles. The maximum Gasteiger partial charge on any atom is 0.291 e. The van der Waals surface area contributed by atoms with Crippen LogP contribution >= 0.6 is 0 Å².